The first kappa shape index (κ1) is 11.7. The fourth-order valence-electron chi connectivity index (χ4n) is 1.13. The van der Waals surface area contributed by atoms with Gasteiger partial charge in [0.2, 0.25) is 0 Å². The maximum absolute atomic E-state index is 13.5. The Morgan fingerprint density at radius 3 is 2.33 bits per heavy atom. The number of ether oxygens (including phenoxy) is 1. The van der Waals surface area contributed by atoms with Crippen molar-refractivity contribution < 1.29 is 13.9 Å². The van der Waals surface area contributed by atoms with E-state index in [4.69, 9.17) is 4.74 Å². The minimum atomic E-state index is -0.502. The van der Waals surface area contributed by atoms with Crippen LogP contribution in [0.4, 0.5) is 4.39 Å². The molecule has 0 aliphatic rings. The van der Waals surface area contributed by atoms with Gasteiger partial charge in [-0.1, -0.05) is 0 Å². The van der Waals surface area contributed by atoms with Crippen molar-refractivity contribution in [2.45, 2.75) is 33.3 Å². The Hall–Kier alpha value is -1.38. The van der Waals surface area contributed by atoms with Crippen molar-refractivity contribution >= 4 is 5.78 Å². The lowest BCUT2D eigenvalue weighted by Crippen LogP contribution is -2.23. The average molecular weight is 210 g/mol. The number of carbonyl (C=O) groups excluding carboxylic acids is 1. The van der Waals surface area contributed by atoms with Gasteiger partial charge in [-0.25, -0.2) is 4.39 Å². The first-order chi connectivity index (χ1) is 6.79. The van der Waals surface area contributed by atoms with Crippen LogP contribution in [0.2, 0.25) is 0 Å². The minimum absolute atomic E-state index is 0.156. The largest absolute Gasteiger partial charge is 0.485 e. The standard InChI is InChI=1S/C12H15FO2/c1-8(14)9-5-6-11(10(13)7-9)15-12(2,3)4/h5-7H,1-4H3. The number of Topliss-reactive ketones (excluding diaryl/α,β-unsaturated/α-hetero) is 1. The van der Waals surface area contributed by atoms with Gasteiger partial charge in [-0.3, -0.25) is 4.79 Å². The lowest BCUT2D eigenvalue weighted by Gasteiger charge is -2.21. The molecule has 0 atom stereocenters. The minimum Gasteiger partial charge on any atom is -0.485 e. The third-order valence-electron chi connectivity index (χ3n) is 1.75. The van der Waals surface area contributed by atoms with Crippen LogP contribution < -0.4 is 4.74 Å². The molecule has 0 heterocycles. The summed E-state index contributed by atoms with van der Waals surface area (Å²) < 4.78 is 18.8. The topological polar surface area (TPSA) is 26.3 Å². The van der Waals surface area contributed by atoms with Crippen LogP contribution in [-0.2, 0) is 0 Å². The molecule has 0 N–H and O–H groups in total. The second kappa shape index (κ2) is 4.01. The summed E-state index contributed by atoms with van der Waals surface area (Å²) in [6, 6.07) is 4.24. The SMILES string of the molecule is CC(=O)c1ccc(OC(C)(C)C)c(F)c1. The number of hydrogen-bond donors (Lipinski definition) is 0. The van der Waals surface area contributed by atoms with Crippen molar-refractivity contribution in [2.75, 3.05) is 0 Å². The molecule has 0 unspecified atom stereocenters. The molecule has 0 aliphatic carbocycles. The molecule has 0 spiro atoms. The van der Waals surface area contributed by atoms with Gasteiger partial charge in [-0.2, -0.15) is 0 Å². The quantitative estimate of drug-likeness (QED) is 0.700. The van der Waals surface area contributed by atoms with Gasteiger partial charge in [0.15, 0.2) is 17.3 Å². The number of ketones is 1. The molecular weight excluding hydrogens is 195 g/mol. The fraction of sp³-hybridized carbons (Fsp3) is 0.417. The van der Waals surface area contributed by atoms with E-state index in [0.717, 1.165) is 0 Å². The third-order valence-corrected chi connectivity index (χ3v) is 1.75. The van der Waals surface area contributed by atoms with Crippen LogP contribution in [-0.4, -0.2) is 11.4 Å². The molecule has 0 saturated carbocycles. The van der Waals surface area contributed by atoms with E-state index in [1.807, 2.05) is 20.8 Å². The molecule has 15 heavy (non-hydrogen) atoms. The van der Waals surface area contributed by atoms with Crippen LogP contribution in [0.1, 0.15) is 38.1 Å². The highest BCUT2D eigenvalue weighted by atomic mass is 19.1. The summed E-state index contributed by atoms with van der Waals surface area (Å²) in [4.78, 5) is 11.0. The van der Waals surface area contributed by atoms with Crippen molar-refractivity contribution in [3.63, 3.8) is 0 Å². The lowest BCUT2D eigenvalue weighted by atomic mass is 10.1. The van der Waals surface area contributed by atoms with E-state index in [-0.39, 0.29) is 11.5 Å². The monoisotopic (exact) mass is 210 g/mol. The first-order valence-electron chi connectivity index (χ1n) is 4.79. The highest BCUT2D eigenvalue weighted by Crippen LogP contribution is 2.23. The maximum atomic E-state index is 13.5. The van der Waals surface area contributed by atoms with E-state index in [1.165, 1.54) is 19.1 Å². The van der Waals surface area contributed by atoms with Gasteiger partial charge in [0.25, 0.3) is 0 Å². The Bertz CT molecular complexity index is 378. The van der Waals surface area contributed by atoms with Gasteiger partial charge in [-0.15, -0.1) is 0 Å². The summed E-state index contributed by atoms with van der Waals surface area (Å²) in [6.45, 7) is 6.92. The first-order valence-corrected chi connectivity index (χ1v) is 4.79. The second-order valence-corrected chi connectivity index (χ2v) is 4.42. The smallest absolute Gasteiger partial charge is 0.165 e. The molecule has 0 saturated heterocycles. The molecule has 82 valence electrons. The zero-order chi connectivity index (χ0) is 11.6. The van der Waals surface area contributed by atoms with E-state index in [0.29, 0.717) is 5.56 Å². The van der Waals surface area contributed by atoms with Crippen LogP contribution in [0.15, 0.2) is 18.2 Å². The average Bonchev–Trinajstić information content (AvgIpc) is 2.05. The van der Waals surface area contributed by atoms with E-state index >= 15 is 0 Å². The zero-order valence-electron chi connectivity index (χ0n) is 9.43. The van der Waals surface area contributed by atoms with Crippen LogP contribution in [0.25, 0.3) is 0 Å². The van der Waals surface area contributed by atoms with Gasteiger partial charge in [0.1, 0.15) is 5.60 Å². The summed E-state index contributed by atoms with van der Waals surface area (Å²) in [7, 11) is 0. The fourth-order valence-corrected chi connectivity index (χ4v) is 1.13. The summed E-state index contributed by atoms with van der Waals surface area (Å²) >= 11 is 0. The van der Waals surface area contributed by atoms with Gasteiger partial charge >= 0.3 is 0 Å². The predicted octanol–water partition coefficient (Wildman–Crippen LogP) is 3.21. The van der Waals surface area contributed by atoms with Crippen molar-refractivity contribution in [2.24, 2.45) is 0 Å². The summed E-state index contributed by atoms with van der Waals surface area (Å²) in [6.07, 6.45) is 0. The van der Waals surface area contributed by atoms with Crippen molar-refractivity contribution in [3.05, 3.63) is 29.6 Å². The molecule has 1 rings (SSSR count). The Morgan fingerprint density at radius 2 is 1.93 bits per heavy atom. The number of rotatable bonds is 2. The summed E-state index contributed by atoms with van der Waals surface area (Å²) in [5, 5.41) is 0. The lowest BCUT2D eigenvalue weighted by molar-refractivity contribution is 0.101. The molecule has 0 aromatic heterocycles. The third kappa shape index (κ3) is 3.35. The van der Waals surface area contributed by atoms with Crippen LogP contribution in [0.3, 0.4) is 0 Å². The van der Waals surface area contributed by atoms with E-state index in [2.05, 4.69) is 0 Å². The molecule has 0 fully saturated rings. The molecule has 1 aromatic rings. The zero-order valence-corrected chi connectivity index (χ0v) is 9.43. The van der Waals surface area contributed by atoms with Gasteiger partial charge < -0.3 is 4.74 Å². The van der Waals surface area contributed by atoms with Crippen molar-refractivity contribution in [1.29, 1.82) is 0 Å². The van der Waals surface area contributed by atoms with Crippen LogP contribution >= 0.6 is 0 Å². The summed E-state index contributed by atoms with van der Waals surface area (Å²) in [5.41, 5.74) is -0.0905. The number of hydrogen-bond acceptors (Lipinski definition) is 2. The molecule has 0 aliphatic heterocycles. The Morgan fingerprint density at radius 1 is 1.33 bits per heavy atom. The van der Waals surface area contributed by atoms with E-state index in [1.54, 1.807) is 6.07 Å². The van der Waals surface area contributed by atoms with Crippen LogP contribution in [0, 0.1) is 5.82 Å². The van der Waals surface area contributed by atoms with Crippen molar-refractivity contribution in [3.8, 4) is 5.75 Å². The molecule has 0 amide bonds. The Balaban J connectivity index is 2.99. The van der Waals surface area contributed by atoms with E-state index in [9.17, 15) is 9.18 Å². The Kier molecular flexibility index (Phi) is 3.12. The second-order valence-electron chi connectivity index (χ2n) is 4.42. The highest BCUT2D eigenvalue weighted by Gasteiger charge is 2.15. The molecule has 2 nitrogen and oxygen atoms in total. The van der Waals surface area contributed by atoms with Crippen molar-refractivity contribution in [1.82, 2.24) is 0 Å². The predicted molar refractivity (Wildman–Crippen MR) is 56.8 cm³/mol. The summed E-state index contributed by atoms with van der Waals surface area (Å²) in [5.74, 6) is -0.485. The molecule has 3 heteroatoms. The number of halogens is 1. The number of carbonyl (C=O) groups is 1. The Labute approximate surface area is 89.1 Å². The van der Waals surface area contributed by atoms with Gasteiger partial charge in [0, 0.05) is 5.56 Å². The number of benzene rings is 1. The molecule has 0 bridgehead atoms. The normalized spacial score (nSPS) is 11.3. The van der Waals surface area contributed by atoms with Gasteiger partial charge in [0.05, 0.1) is 0 Å². The van der Waals surface area contributed by atoms with Gasteiger partial charge in [-0.05, 0) is 45.9 Å². The maximum Gasteiger partial charge on any atom is 0.165 e. The van der Waals surface area contributed by atoms with Crippen LogP contribution in [0.5, 0.6) is 5.75 Å². The van der Waals surface area contributed by atoms with E-state index < -0.39 is 11.4 Å². The molecule has 0 radical (unpaired) electrons. The molecule has 1 aromatic carbocycles. The molecular formula is C12H15FO2. The highest BCUT2D eigenvalue weighted by molar-refractivity contribution is 5.94.